The second kappa shape index (κ2) is 10.1. The lowest BCUT2D eigenvalue weighted by Gasteiger charge is -2.14. The van der Waals surface area contributed by atoms with Gasteiger partial charge in [0.05, 0.1) is 30.4 Å². The number of methoxy groups -OCH3 is 1. The van der Waals surface area contributed by atoms with Crippen LogP contribution in [0.25, 0.3) is 11.0 Å². The molecule has 0 fully saturated rings. The number of carboxylic acids is 1. The number of nitrogen functional groups attached to an aromatic ring is 1. The summed E-state index contributed by atoms with van der Waals surface area (Å²) < 4.78 is 7.67. The lowest BCUT2D eigenvalue weighted by molar-refractivity contribution is -0.136. The summed E-state index contributed by atoms with van der Waals surface area (Å²) in [6, 6.07) is 7.80. The van der Waals surface area contributed by atoms with E-state index in [9.17, 15) is 4.79 Å². The van der Waals surface area contributed by atoms with Crippen LogP contribution >= 0.6 is 0 Å². The van der Waals surface area contributed by atoms with Gasteiger partial charge < -0.3 is 20.1 Å². The molecule has 3 aromatic rings. The van der Waals surface area contributed by atoms with Gasteiger partial charge in [-0.25, -0.2) is 9.97 Å². The first-order valence-electron chi connectivity index (χ1n) is 10.5. The quantitative estimate of drug-likeness (QED) is 0.459. The van der Waals surface area contributed by atoms with Gasteiger partial charge in [-0.2, -0.15) is 0 Å². The van der Waals surface area contributed by atoms with Gasteiger partial charge in [0.25, 0.3) is 0 Å². The highest BCUT2D eigenvalue weighted by molar-refractivity contribution is 5.79. The van der Waals surface area contributed by atoms with Crippen molar-refractivity contribution in [2.45, 2.75) is 58.4 Å². The van der Waals surface area contributed by atoms with Crippen molar-refractivity contribution >= 4 is 23.0 Å². The number of aryl methyl sites for hydroxylation is 2. The van der Waals surface area contributed by atoms with Crippen LogP contribution < -0.4 is 10.5 Å². The Hall–Kier alpha value is -3.09. The summed E-state index contributed by atoms with van der Waals surface area (Å²) in [4.78, 5) is 19.9. The molecule has 7 heteroatoms. The van der Waals surface area contributed by atoms with Gasteiger partial charge in [-0.3, -0.25) is 4.79 Å². The van der Waals surface area contributed by atoms with Crippen molar-refractivity contribution in [2.24, 2.45) is 0 Å². The zero-order valence-corrected chi connectivity index (χ0v) is 17.7. The summed E-state index contributed by atoms with van der Waals surface area (Å²) in [5.41, 5.74) is 10.7. The van der Waals surface area contributed by atoms with Crippen LogP contribution in [-0.4, -0.2) is 32.7 Å². The van der Waals surface area contributed by atoms with E-state index in [1.807, 2.05) is 30.5 Å². The summed E-state index contributed by atoms with van der Waals surface area (Å²) in [5.74, 6) is 0.280. The highest BCUT2D eigenvalue weighted by Gasteiger charge is 2.14. The summed E-state index contributed by atoms with van der Waals surface area (Å²) in [5, 5.41) is 8.98. The first kappa shape index (κ1) is 21.6. The molecule has 0 saturated carbocycles. The molecule has 2 heterocycles. The van der Waals surface area contributed by atoms with Crippen molar-refractivity contribution in [2.75, 3.05) is 12.8 Å². The smallest absolute Gasteiger partial charge is 0.303 e. The molecule has 0 amide bonds. The first-order valence-corrected chi connectivity index (χ1v) is 10.5. The number of hydrogen-bond acceptors (Lipinski definition) is 5. The SMILES string of the molecule is CCCCCCc1nc(N)nc2ccn(Cc3cc(CCC(=O)O)ccc3OC)c12. The Kier molecular flexibility index (Phi) is 7.27. The molecule has 30 heavy (non-hydrogen) atoms. The monoisotopic (exact) mass is 410 g/mol. The van der Waals surface area contributed by atoms with Crippen LogP contribution in [0.2, 0.25) is 0 Å². The summed E-state index contributed by atoms with van der Waals surface area (Å²) in [6.07, 6.45) is 8.09. The molecule has 2 aromatic heterocycles. The predicted molar refractivity (Wildman–Crippen MR) is 118 cm³/mol. The lowest BCUT2D eigenvalue weighted by atomic mass is 10.0. The second-order valence-corrected chi connectivity index (χ2v) is 7.56. The Morgan fingerprint density at radius 2 is 2.00 bits per heavy atom. The van der Waals surface area contributed by atoms with E-state index >= 15 is 0 Å². The molecule has 160 valence electrons. The number of aromatic nitrogens is 3. The number of benzene rings is 1. The van der Waals surface area contributed by atoms with E-state index in [1.165, 1.54) is 19.3 Å². The van der Waals surface area contributed by atoms with Crippen LogP contribution in [0.1, 0.15) is 55.8 Å². The van der Waals surface area contributed by atoms with E-state index in [0.29, 0.717) is 18.9 Å². The maximum Gasteiger partial charge on any atom is 0.303 e. The minimum atomic E-state index is -0.800. The molecule has 0 aliphatic rings. The molecular weight excluding hydrogens is 380 g/mol. The Balaban J connectivity index is 1.91. The van der Waals surface area contributed by atoms with Gasteiger partial charge in [-0.15, -0.1) is 0 Å². The molecule has 0 radical (unpaired) electrons. The van der Waals surface area contributed by atoms with Gasteiger partial charge in [0.15, 0.2) is 0 Å². The van der Waals surface area contributed by atoms with Crippen molar-refractivity contribution in [3.8, 4) is 5.75 Å². The maximum absolute atomic E-state index is 10.9. The number of carboxylic acid groups (broad SMARTS) is 1. The van der Waals surface area contributed by atoms with Crippen LogP contribution in [-0.2, 0) is 24.2 Å². The van der Waals surface area contributed by atoms with Gasteiger partial charge in [0.1, 0.15) is 5.75 Å². The van der Waals surface area contributed by atoms with Crippen LogP contribution in [0, 0.1) is 0 Å². The van der Waals surface area contributed by atoms with Gasteiger partial charge >= 0.3 is 5.97 Å². The number of rotatable bonds is 11. The lowest BCUT2D eigenvalue weighted by Crippen LogP contribution is -2.07. The Morgan fingerprint density at radius 1 is 1.17 bits per heavy atom. The number of aliphatic carboxylic acids is 1. The summed E-state index contributed by atoms with van der Waals surface area (Å²) >= 11 is 0. The largest absolute Gasteiger partial charge is 0.496 e. The van der Waals surface area contributed by atoms with Crippen molar-refractivity contribution < 1.29 is 14.6 Å². The molecule has 0 atom stereocenters. The third-order valence-electron chi connectivity index (χ3n) is 5.28. The fraction of sp³-hybridized carbons (Fsp3) is 0.435. The van der Waals surface area contributed by atoms with E-state index in [1.54, 1.807) is 7.11 Å². The van der Waals surface area contributed by atoms with Gasteiger partial charge in [0.2, 0.25) is 5.95 Å². The highest BCUT2D eigenvalue weighted by atomic mass is 16.5. The van der Waals surface area contributed by atoms with Crippen LogP contribution in [0.5, 0.6) is 5.75 Å². The van der Waals surface area contributed by atoms with Crippen LogP contribution in [0.4, 0.5) is 5.95 Å². The maximum atomic E-state index is 10.9. The summed E-state index contributed by atoms with van der Waals surface area (Å²) in [7, 11) is 1.65. The molecule has 3 N–H and O–H groups in total. The van der Waals surface area contributed by atoms with E-state index < -0.39 is 5.97 Å². The Bertz CT molecular complexity index is 1010. The highest BCUT2D eigenvalue weighted by Crippen LogP contribution is 2.26. The molecule has 1 aromatic carbocycles. The number of nitrogens with zero attached hydrogens (tertiary/aromatic N) is 3. The van der Waals surface area contributed by atoms with E-state index in [2.05, 4.69) is 21.5 Å². The fourth-order valence-corrected chi connectivity index (χ4v) is 3.78. The average Bonchev–Trinajstić information content (AvgIpc) is 3.12. The Labute approximate surface area is 176 Å². The number of ether oxygens (including phenoxy) is 1. The minimum Gasteiger partial charge on any atom is -0.496 e. The van der Waals surface area contributed by atoms with E-state index in [4.69, 9.17) is 15.6 Å². The summed E-state index contributed by atoms with van der Waals surface area (Å²) in [6.45, 7) is 2.78. The number of unbranched alkanes of at least 4 members (excludes halogenated alkanes) is 3. The predicted octanol–water partition coefficient (Wildman–Crippen LogP) is 4.21. The molecule has 0 unspecified atom stereocenters. The van der Waals surface area contributed by atoms with Gasteiger partial charge in [0, 0.05) is 18.2 Å². The number of fused-ring (bicyclic) bond motifs is 1. The first-order chi connectivity index (χ1) is 14.5. The molecule has 0 aliphatic heterocycles. The van der Waals surface area contributed by atoms with Crippen molar-refractivity contribution in [1.82, 2.24) is 14.5 Å². The second-order valence-electron chi connectivity index (χ2n) is 7.56. The van der Waals surface area contributed by atoms with E-state index in [0.717, 1.165) is 46.4 Å². The minimum absolute atomic E-state index is 0.104. The number of hydrogen-bond donors (Lipinski definition) is 2. The number of nitrogens with two attached hydrogens (primary N) is 1. The zero-order valence-electron chi connectivity index (χ0n) is 17.7. The van der Waals surface area contributed by atoms with Crippen molar-refractivity contribution in [3.63, 3.8) is 0 Å². The molecule has 0 spiro atoms. The standard InChI is InChI=1S/C23H30N4O3/c1-3-4-5-6-7-18-22-19(26-23(24)25-18)12-13-27(22)15-17-14-16(9-11-21(28)29)8-10-20(17)30-2/h8,10,12-14H,3-7,9,11,15H2,1-2H3,(H,28,29)(H2,24,25,26). The number of anilines is 1. The molecule has 0 aliphatic carbocycles. The van der Waals surface area contributed by atoms with Crippen molar-refractivity contribution in [3.05, 3.63) is 47.3 Å². The van der Waals surface area contributed by atoms with Crippen molar-refractivity contribution in [1.29, 1.82) is 0 Å². The normalized spacial score (nSPS) is 11.1. The number of carbonyl (C=O) groups is 1. The molecular formula is C23H30N4O3. The molecule has 3 rings (SSSR count). The Morgan fingerprint density at radius 3 is 2.73 bits per heavy atom. The van der Waals surface area contributed by atoms with E-state index in [-0.39, 0.29) is 6.42 Å². The molecule has 0 bridgehead atoms. The van der Waals surface area contributed by atoms with Crippen LogP contribution in [0.3, 0.4) is 0 Å². The third kappa shape index (κ3) is 5.28. The topological polar surface area (TPSA) is 103 Å². The average molecular weight is 411 g/mol. The molecule has 7 nitrogen and oxygen atoms in total. The third-order valence-corrected chi connectivity index (χ3v) is 5.28. The zero-order chi connectivity index (χ0) is 21.5. The fourth-order valence-electron chi connectivity index (χ4n) is 3.78. The molecule has 0 saturated heterocycles. The van der Waals surface area contributed by atoms with Crippen LogP contribution in [0.15, 0.2) is 30.5 Å². The van der Waals surface area contributed by atoms with Gasteiger partial charge in [-0.1, -0.05) is 38.3 Å². The van der Waals surface area contributed by atoms with Gasteiger partial charge in [-0.05, 0) is 37.0 Å².